The lowest BCUT2D eigenvalue weighted by Crippen LogP contribution is -2.26. The molecule has 3 nitrogen and oxygen atoms in total. The number of rotatable bonds is 8. The number of ether oxygens (including phenoxy) is 1. The summed E-state index contributed by atoms with van der Waals surface area (Å²) in [6.07, 6.45) is 3.78. The molecule has 128 valence electrons. The smallest absolute Gasteiger partial charge is 0.122 e. The quantitative estimate of drug-likeness (QED) is 0.765. The Bertz CT molecular complexity index is 642. The summed E-state index contributed by atoms with van der Waals surface area (Å²) in [5.74, 6) is 1.04. The van der Waals surface area contributed by atoms with Gasteiger partial charge in [0.05, 0.1) is 6.61 Å². The minimum atomic E-state index is 0.234. The van der Waals surface area contributed by atoms with E-state index in [1.807, 2.05) is 6.07 Å². The molecule has 0 radical (unpaired) electrons. The van der Waals surface area contributed by atoms with E-state index in [0.29, 0.717) is 6.04 Å². The average Bonchev–Trinajstić information content (AvgIpc) is 3.10. The van der Waals surface area contributed by atoms with Crippen LogP contribution >= 0.6 is 0 Å². The number of benzene rings is 2. The van der Waals surface area contributed by atoms with Crippen LogP contribution in [0.4, 0.5) is 0 Å². The predicted octanol–water partition coefficient (Wildman–Crippen LogP) is 4.18. The number of aliphatic hydroxyl groups excluding tert-OH is 1. The lowest BCUT2D eigenvalue weighted by Gasteiger charge is -2.26. The third-order valence-corrected chi connectivity index (χ3v) is 4.78. The van der Waals surface area contributed by atoms with Crippen LogP contribution in [0.5, 0.6) is 5.75 Å². The van der Waals surface area contributed by atoms with Crippen molar-refractivity contribution in [3.05, 3.63) is 65.2 Å². The van der Waals surface area contributed by atoms with Crippen LogP contribution in [0.15, 0.2) is 48.5 Å². The minimum absolute atomic E-state index is 0.234. The van der Waals surface area contributed by atoms with Gasteiger partial charge >= 0.3 is 0 Å². The highest BCUT2D eigenvalue weighted by Crippen LogP contribution is 2.31. The van der Waals surface area contributed by atoms with Crippen molar-refractivity contribution >= 4 is 0 Å². The molecular formula is C21H27NO2. The van der Waals surface area contributed by atoms with Crippen molar-refractivity contribution in [2.24, 2.45) is 0 Å². The summed E-state index contributed by atoms with van der Waals surface area (Å²) in [5.41, 5.74) is 3.93. The van der Waals surface area contributed by atoms with E-state index in [1.165, 1.54) is 16.7 Å². The monoisotopic (exact) mass is 325 g/mol. The Balaban J connectivity index is 1.78. The van der Waals surface area contributed by atoms with E-state index in [1.54, 1.807) is 0 Å². The molecule has 0 saturated carbocycles. The molecule has 0 bridgehead atoms. The lowest BCUT2D eigenvalue weighted by molar-refractivity contribution is 0.271. The highest BCUT2D eigenvalue weighted by atomic mass is 16.5. The van der Waals surface area contributed by atoms with Gasteiger partial charge in [-0.3, -0.25) is 0 Å². The molecule has 2 aromatic rings. The Morgan fingerprint density at radius 3 is 2.67 bits per heavy atom. The number of hydrogen-bond donors (Lipinski definition) is 2. The van der Waals surface area contributed by atoms with Gasteiger partial charge in [-0.2, -0.15) is 0 Å². The summed E-state index contributed by atoms with van der Waals surface area (Å²) in [7, 11) is 0. The first-order valence-electron chi connectivity index (χ1n) is 8.99. The van der Waals surface area contributed by atoms with Crippen molar-refractivity contribution < 1.29 is 9.84 Å². The topological polar surface area (TPSA) is 41.5 Å². The Hall–Kier alpha value is -1.84. The van der Waals surface area contributed by atoms with E-state index in [4.69, 9.17) is 4.74 Å². The molecule has 2 aromatic carbocycles. The van der Waals surface area contributed by atoms with Crippen LogP contribution in [0.25, 0.3) is 0 Å². The summed E-state index contributed by atoms with van der Waals surface area (Å²) >= 11 is 0. The molecular weight excluding hydrogens is 298 g/mol. The Kier molecular flexibility index (Phi) is 5.89. The molecule has 2 atom stereocenters. The zero-order chi connectivity index (χ0) is 16.8. The molecule has 2 unspecified atom stereocenters. The summed E-state index contributed by atoms with van der Waals surface area (Å²) in [5, 5.41) is 13.0. The van der Waals surface area contributed by atoms with Crippen molar-refractivity contribution in [2.45, 2.75) is 44.7 Å². The lowest BCUT2D eigenvalue weighted by atomic mass is 9.96. The Morgan fingerprint density at radius 1 is 1.08 bits per heavy atom. The zero-order valence-corrected chi connectivity index (χ0v) is 14.4. The Morgan fingerprint density at radius 2 is 1.92 bits per heavy atom. The van der Waals surface area contributed by atoms with Crippen LogP contribution < -0.4 is 10.1 Å². The first kappa shape index (κ1) is 17.0. The van der Waals surface area contributed by atoms with Gasteiger partial charge in [-0.15, -0.1) is 0 Å². The maximum Gasteiger partial charge on any atom is 0.122 e. The molecule has 0 aromatic heterocycles. The Labute approximate surface area is 144 Å². The van der Waals surface area contributed by atoms with Gasteiger partial charge in [0.15, 0.2) is 0 Å². The summed E-state index contributed by atoms with van der Waals surface area (Å²) in [6, 6.07) is 17.7. The normalized spacial score (nSPS) is 15.6. The highest BCUT2D eigenvalue weighted by Gasteiger charge is 2.19. The summed E-state index contributed by atoms with van der Waals surface area (Å²) in [4.78, 5) is 0. The van der Waals surface area contributed by atoms with Crippen LogP contribution in [-0.4, -0.2) is 18.3 Å². The second-order valence-corrected chi connectivity index (χ2v) is 6.42. The van der Waals surface area contributed by atoms with Crippen LogP contribution in [0.3, 0.4) is 0 Å². The maximum atomic E-state index is 9.23. The number of fused-ring (bicyclic) bond motifs is 1. The van der Waals surface area contributed by atoms with Crippen LogP contribution in [0, 0.1) is 0 Å². The number of hydrogen-bond acceptors (Lipinski definition) is 3. The third kappa shape index (κ3) is 3.97. The van der Waals surface area contributed by atoms with Gasteiger partial charge in [0.25, 0.3) is 0 Å². The fourth-order valence-electron chi connectivity index (χ4n) is 3.44. The number of aliphatic hydroxyl groups is 1. The van der Waals surface area contributed by atoms with Crippen LogP contribution in [-0.2, 0) is 6.42 Å². The van der Waals surface area contributed by atoms with Crippen molar-refractivity contribution in [3.8, 4) is 5.75 Å². The van der Waals surface area contributed by atoms with Gasteiger partial charge < -0.3 is 15.2 Å². The largest absolute Gasteiger partial charge is 0.493 e. The van der Waals surface area contributed by atoms with Crippen molar-refractivity contribution in [1.82, 2.24) is 5.32 Å². The van der Waals surface area contributed by atoms with Gasteiger partial charge in [0.2, 0.25) is 0 Å². The third-order valence-electron chi connectivity index (χ3n) is 4.78. The van der Waals surface area contributed by atoms with E-state index in [9.17, 15) is 5.11 Å². The molecule has 0 spiro atoms. The van der Waals surface area contributed by atoms with E-state index in [0.717, 1.165) is 38.0 Å². The number of nitrogens with one attached hydrogen (secondary N) is 1. The highest BCUT2D eigenvalue weighted by molar-refractivity contribution is 5.41. The SMILES string of the molecule is CCC(NC(CCCO)c1ccccc1)c1ccc2c(c1)CCO2. The molecule has 3 rings (SSSR count). The fraction of sp³-hybridized carbons (Fsp3) is 0.429. The molecule has 0 aliphatic carbocycles. The van der Waals surface area contributed by atoms with Crippen LogP contribution in [0.1, 0.15) is 55.0 Å². The minimum Gasteiger partial charge on any atom is -0.493 e. The van der Waals surface area contributed by atoms with Gasteiger partial charge in [0.1, 0.15) is 5.75 Å². The predicted molar refractivity (Wildman–Crippen MR) is 97.3 cm³/mol. The van der Waals surface area contributed by atoms with Gasteiger partial charge in [-0.25, -0.2) is 0 Å². The fourth-order valence-corrected chi connectivity index (χ4v) is 3.44. The zero-order valence-electron chi connectivity index (χ0n) is 14.4. The van der Waals surface area contributed by atoms with E-state index in [2.05, 4.69) is 54.7 Å². The van der Waals surface area contributed by atoms with Crippen molar-refractivity contribution in [3.63, 3.8) is 0 Å². The summed E-state index contributed by atoms with van der Waals surface area (Å²) < 4.78 is 5.62. The van der Waals surface area contributed by atoms with E-state index < -0.39 is 0 Å². The van der Waals surface area contributed by atoms with Gasteiger partial charge in [-0.1, -0.05) is 49.4 Å². The molecule has 2 N–H and O–H groups in total. The molecule has 0 amide bonds. The molecule has 1 aliphatic heterocycles. The maximum absolute atomic E-state index is 9.23. The molecule has 0 saturated heterocycles. The standard InChI is InChI=1S/C21H27NO2/c1-2-19(17-10-11-21-18(15-17)12-14-24-21)22-20(9-6-13-23)16-7-4-3-5-8-16/h3-5,7-8,10-11,15,19-20,22-23H,2,6,9,12-14H2,1H3. The second-order valence-electron chi connectivity index (χ2n) is 6.42. The summed E-state index contributed by atoms with van der Waals surface area (Å²) in [6.45, 7) is 3.25. The molecule has 1 heterocycles. The van der Waals surface area contributed by atoms with Crippen LogP contribution in [0.2, 0.25) is 0 Å². The van der Waals surface area contributed by atoms with Gasteiger partial charge in [0, 0.05) is 25.1 Å². The van der Waals surface area contributed by atoms with Gasteiger partial charge in [-0.05, 0) is 42.0 Å². The first-order valence-corrected chi connectivity index (χ1v) is 8.99. The van der Waals surface area contributed by atoms with E-state index in [-0.39, 0.29) is 12.6 Å². The molecule has 0 fully saturated rings. The molecule has 24 heavy (non-hydrogen) atoms. The average molecular weight is 325 g/mol. The van der Waals surface area contributed by atoms with Crippen molar-refractivity contribution in [2.75, 3.05) is 13.2 Å². The molecule has 1 aliphatic rings. The second kappa shape index (κ2) is 8.32. The van der Waals surface area contributed by atoms with E-state index >= 15 is 0 Å². The molecule has 3 heteroatoms. The first-order chi connectivity index (χ1) is 11.8. The van der Waals surface area contributed by atoms with Crippen molar-refractivity contribution in [1.29, 1.82) is 0 Å².